The molecule has 52 valence electrons. The van der Waals surface area contributed by atoms with Crippen molar-refractivity contribution in [1.82, 2.24) is 0 Å². The quantitative estimate of drug-likeness (QED) is 0.505. The van der Waals surface area contributed by atoms with Crippen LogP contribution in [-0.2, 0) is 0 Å². The summed E-state index contributed by atoms with van der Waals surface area (Å²) in [6.45, 7) is 0. The lowest BCUT2D eigenvalue weighted by atomic mass is 10.2. The number of halogens is 1. The van der Waals surface area contributed by atoms with Gasteiger partial charge in [0, 0.05) is 5.01 Å². The zero-order valence-corrected chi connectivity index (χ0v) is 5.15. The molecule has 2 nitrogen and oxygen atoms in total. The van der Waals surface area contributed by atoms with E-state index in [4.69, 9.17) is 0 Å². The van der Waals surface area contributed by atoms with E-state index >= 15 is 0 Å². The summed E-state index contributed by atoms with van der Waals surface area (Å²) in [5.41, 5.74) is 0.715. The minimum atomic E-state index is 0. The Morgan fingerprint density at radius 2 is 1.80 bits per heavy atom. The summed E-state index contributed by atoms with van der Waals surface area (Å²) in [7, 11) is 0. The van der Waals surface area contributed by atoms with Gasteiger partial charge < -0.3 is 5.21 Å². The van der Waals surface area contributed by atoms with E-state index in [9.17, 15) is 5.21 Å². The van der Waals surface area contributed by atoms with E-state index in [2.05, 4.69) is 11.1 Å². The van der Waals surface area contributed by atoms with Gasteiger partial charge in [-0.25, -0.2) is 0 Å². The molecule has 0 aliphatic heterocycles. The topological polar surface area (TPSA) is 27.4 Å². The maximum absolute atomic E-state index is 9.61. The lowest BCUT2D eigenvalue weighted by Crippen LogP contribution is -1.66. The van der Waals surface area contributed by atoms with Gasteiger partial charge in [-0.15, -0.1) is 0 Å². The highest BCUT2D eigenvalue weighted by molar-refractivity contribution is 5.30. The minimum Gasteiger partial charge on any atom is -0.498 e. The average Bonchev–Trinajstić information content (AvgIpc) is 1.91. The summed E-state index contributed by atoms with van der Waals surface area (Å²) >= 11 is 0. The van der Waals surface area contributed by atoms with Crippen LogP contribution in [0.3, 0.4) is 0 Å². The Balaban J connectivity index is 0.000000810. The second-order valence-corrected chi connectivity index (χ2v) is 1.57. The Morgan fingerprint density at radius 3 is 2.30 bits per heavy atom. The number of hydrogen-bond acceptors (Lipinski definition) is 1. The molecule has 0 bridgehead atoms. The zero-order chi connectivity index (χ0) is 6.53. The van der Waals surface area contributed by atoms with Crippen LogP contribution < -0.4 is 0 Å². The predicted octanol–water partition coefficient (Wildman–Crippen LogP) is 2.02. The fourth-order valence-electron chi connectivity index (χ4n) is 0.565. The van der Waals surface area contributed by atoms with Gasteiger partial charge >= 0.3 is 6.07 Å². The molecule has 0 heterocycles. The van der Waals surface area contributed by atoms with Crippen molar-refractivity contribution in [3.05, 3.63) is 46.1 Å². The van der Waals surface area contributed by atoms with Crippen LogP contribution in [0.25, 0.3) is 5.01 Å². The molecular formula is C7H6FNO. The second-order valence-electron chi connectivity index (χ2n) is 1.57. The van der Waals surface area contributed by atoms with E-state index in [0.717, 1.165) is 0 Å². The Labute approximate surface area is 57.9 Å². The molecule has 1 rings (SSSR count). The van der Waals surface area contributed by atoms with Crippen LogP contribution in [0.1, 0.15) is 5.56 Å². The fourth-order valence-corrected chi connectivity index (χ4v) is 0.565. The van der Waals surface area contributed by atoms with E-state index < -0.39 is 0 Å². The monoisotopic (exact) mass is 139 g/mol. The SMILES string of the molecule is F.[O-][N+]#Cc1ccccc1. The second kappa shape index (κ2) is 4.33. The molecule has 0 fully saturated rings. The first-order valence-corrected chi connectivity index (χ1v) is 2.57. The number of rotatable bonds is 0. The highest BCUT2D eigenvalue weighted by Crippen LogP contribution is 1.94. The number of nitrogens with zero attached hydrogens (tertiary/aromatic N) is 1. The van der Waals surface area contributed by atoms with Gasteiger partial charge in [0.25, 0.3) is 0 Å². The molecule has 0 amide bonds. The zero-order valence-electron chi connectivity index (χ0n) is 5.15. The largest absolute Gasteiger partial charge is 0.498 e. The maximum Gasteiger partial charge on any atom is 0.336 e. The minimum absolute atomic E-state index is 0. The molecule has 0 aromatic heterocycles. The summed E-state index contributed by atoms with van der Waals surface area (Å²) in [6.07, 6.45) is 0. The molecule has 0 N–H and O–H groups in total. The van der Waals surface area contributed by atoms with E-state index in [0.29, 0.717) is 5.56 Å². The number of hydrogen-bond donors (Lipinski definition) is 0. The van der Waals surface area contributed by atoms with Crippen LogP contribution >= 0.6 is 0 Å². The number of benzene rings is 1. The van der Waals surface area contributed by atoms with Gasteiger partial charge in [0.15, 0.2) is 0 Å². The van der Waals surface area contributed by atoms with Crippen LogP contribution in [0.4, 0.5) is 4.70 Å². The normalized spacial score (nSPS) is 6.80. The van der Waals surface area contributed by atoms with Gasteiger partial charge in [-0.2, -0.15) is 0 Å². The smallest absolute Gasteiger partial charge is 0.336 e. The molecule has 0 spiro atoms. The molecule has 0 aliphatic rings. The van der Waals surface area contributed by atoms with Crippen LogP contribution in [-0.4, -0.2) is 0 Å². The highest BCUT2D eigenvalue weighted by atomic mass is 19.0. The molecule has 0 atom stereocenters. The fraction of sp³-hybridized carbons (Fsp3) is 0. The Bertz CT molecular complexity index is 237. The lowest BCUT2D eigenvalue weighted by molar-refractivity contribution is 1.11. The Hall–Kier alpha value is -1.56. The van der Waals surface area contributed by atoms with E-state index in [1.807, 2.05) is 18.2 Å². The third kappa shape index (κ3) is 2.14. The first kappa shape index (κ1) is 8.44. The first-order valence-electron chi connectivity index (χ1n) is 2.57. The van der Waals surface area contributed by atoms with Crippen LogP contribution in [0, 0.1) is 11.3 Å². The molecule has 3 heteroatoms. The maximum atomic E-state index is 9.61. The van der Waals surface area contributed by atoms with E-state index in [1.165, 1.54) is 0 Å². The summed E-state index contributed by atoms with van der Waals surface area (Å²) < 4.78 is 0. The van der Waals surface area contributed by atoms with Gasteiger partial charge in [-0.3, -0.25) is 4.70 Å². The van der Waals surface area contributed by atoms with Crippen LogP contribution in [0.2, 0.25) is 0 Å². The van der Waals surface area contributed by atoms with Gasteiger partial charge in [0.05, 0.1) is 0 Å². The van der Waals surface area contributed by atoms with Crippen LogP contribution in [0.5, 0.6) is 0 Å². The van der Waals surface area contributed by atoms with Crippen molar-refractivity contribution >= 4 is 0 Å². The van der Waals surface area contributed by atoms with Crippen molar-refractivity contribution in [3.8, 4) is 6.07 Å². The molecular weight excluding hydrogens is 133 g/mol. The summed E-state index contributed by atoms with van der Waals surface area (Å²) in [4.78, 5) is 0. The summed E-state index contributed by atoms with van der Waals surface area (Å²) in [6, 6.07) is 11.3. The Morgan fingerprint density at radius 1 is 1.20 bits per heavy atom. The van der Waals surface area contributed by atoms with E-state index in [1.54, 1.807) is 12.1 Å². The van der Waals surface area contributed by atoms with Crippen LogP contribution in [0.15, 0.2) is 30.3 Å². The molecule has 0 saturated carbocycles. The van der Waals surface area contributed by atoms with Crippen molar-refractivity contribution in [1.29, 1.82) is 0 Å². The molecule has 1 aromatic rings. The third-order valence-corrected chi connectivity index (χ3v) is 0.949. The molecule has 10 heavy (non-hydrogen) atoms. The van der Waals surface area contributed by atoms with Gasteiger partial charge in [0.2, 0.25) is 0 Å². The molecule has 0 saturated heterocycles. The third-order valence-electron chi connectivity index (χ3n) is 0.949. The van der Waals surface area contributed by atoms with Crippen molar-refractivity contribution in [2.75, 3.05) is 0 Å². The summed E-state index contributed by atoms with van der Waals surface area (Å²) in [5, 5.41) is 12.1. The predicted molar refractivity (Wildman–Crippen MR) is 38.7 cm³/mol. The standard InChI is InChI=1S/C7H5NO.FH/c9-8-6-7-4-2-1-3-5-7;/h1-5H;1H. The van der Waals surface area contributed by atoms with Gasteiger partial charge in [-0.05, 0) is 12.1 Å². The highest BCUT2D eigenvalue weighted by Gasteiger charge is 1.86. The Kier molecular flexibility index (Phi) is 3.66. The van der Waals surface area contributed by atoms with Crippen molar-refractivity contribution < 1.29 is 4.70 Å². The molecule has 0 radical (unpaired) electrons. The van der Waals surface area contributed by atoms with E-state index in [-0.39, 0.29) is 4.70 Å². The molecule has 0 unspecified atom stereocenters. The van der Waals surface area contributed by atoms with Crippen molar-refractivity contribution in [3.63, 3.8) is 0 Å². The average molecular weight is 139 g/mol. The lowest BCUT2D eigenvalue weighted by Gasteiger charge is -1.77. The van der Waals surface area contributed by atoms with Crippen molar-refractivity contribution in [2.24, 2.45) is 0 Å². The van der Waals surface area contributed by atoms with Gasteiger partial charge in [-0.1, -0.05) is 18.2 Å². The van der Waals surface area contributed by atoms with Crippen molar-refractivity contribution in [2.45, 2.75) is 0 Å². The first-order chi connectivity index (χ1) is 4.43. The summed E-state index contributed by atoms with van der Waals surface area (Å²) in [5.74, 6) is 0. The molecule has 0 aliphatic carbocycles. The van der Waals surface area contributed by atoms with Gasteiger partial charge in [0.1, 0.15) is 5.56 Å². The molecule has 1 aromatic carbocycles.